The van der Waals surface area contributed by atoms with Gasteiger partial charge in [-0.3, -0.25) is 15.0 Å². The van der Waals surface area contributed by atoms with Gasteiger partial charge < -0.3 is 15.2 Å². The number of aliphatic carboxylic acids is 2. The number of aromatic nitrogens is 2. The highest BCUT2D eigenvalue weighted by atomic mass is 16.4. The van der Waals surface area contributed by atoms with Gasteiger partial charge in [0, 0.05) is 24.9 Å². The first-order chi connectivity index (χ1) is 8.09. The number of carboxylic acid groups (broad SMARTS) is 2. The van der Waals surface area contributed by atoms with Gasteiger partial charge in [-0.1, -0.05) is 0 Å². The summed E-state index contributed by atoms with van der Waals surface area (Å²) < 4.78 is 0. The van der Waals surface area contributed by atoms with Crippen LogP contribution in [0.5, 0.6) is 0 Å². The number of hydrazine groups is 1. The Morgan fingerprint density at radius 3 is 2.76 bits per heavy atom. The standard InChI is InChI=1S/C9H14N4O4/c14-8(15)1-2-12-13-7(9(16)17)3-6-4-10-5-11-6/h4-5,7,12-13H,1-3H2,(H,10,11)(H,14,15)(H,16,17)/t7-/m0/s1. The van der Waals surface area contributed by atoms with Gasteiger partial charge >= 0.3 is 11.9 Å². The number of carbonyl (C=O) groups is 2. The SMILES string of the molecule is O=C(O)CCNN[C@@H](Cc1cnc[nH]1)C(=O)O. The van der Waals surface area contributed by atoms with Crippen molar-refractivity contribution in [2.45, 2.75) is 18.9 Å². The van der Waals surface area contributed by atoms with Crippen molar-refractivity contribution in [2.75, 3.05) is 6.54 Å². The van der Waals surface area contributed by atoms with E-state index in [2.05, 4.69) is 20.8 Å². The lowest BCUT2D eigenvalue weighted by molar-refractivity contribution is -0.139. The minimum absolute atomic E-state index is 0.0800. The summed E-state index contributed by atoms with van der Waals surface area (Å²) in [7, 11) is 0. The number of hydrogen-bond donors (Lipinski definition) is 5. The molecule has 17 heavy (non-hydrogen) atoms. The van der Waals surface area contributed by atoms with Crippen LogP contribution in [0, 0.1) is 0 Å². The first-order valence-corrected chi connectivity index (χ1v) is 5.00. The highest BCUT2D eigenvalue weighted by Crippen LogP contribution is 1.97. The maximum atomic E-state index is 10.9. The molecule has 0 spiro atoms. The van der Waals surface area contributed by atoms with E-state index in [-0.39, 0.29) is 19.4 Å². The molecule has 0 saturated heterocycles. The molecule has 0 saturated carbocycles. The first kappa shape index (κ1) is 13.1. The van der Waals surface area contributed by atoms with Crippen LogP contribution >= 0.6 is 0 Å². The van der Waals surface area contributed by atoms with Crippen LogP contribution in [0.2, 0.25) is 0 Å². The first-order valence-electron chi connectivity index (χ1n) is 5.00. The van der Waals surface area contributed by atoms with Gasteiger partial charge in [-0.25, -0.2) is 10.4 Å². The van der Waals surface area contributed by atoms with Gasteiger partial charge in [-0.2, -0.15) is 0 Å². The van der Waals surface area contributed by atoms with Crippen molar-refractivity contribution in [2.24, 2.45) is 0 Å². The summed E-state index contributed by atoms with van der Waals surface area (Å²) in [5, 5.41) is 17.3. The van der Waals surface area contributed by atoms with Crippen LogP contribution in [0.1, 0.15) is 12.1 Å². The zero-order chi connectivity index (χ0) is 12.7. The van der Waals surface area contributed by atoms with Crippen LogP contribution in [0.3, 0.4) is 0 Å². The molecule has 1 rings (SSSR count). The van der Waals surface area contributed by atoms with Crippen LogP contribution in [-0.4, -0.2) is 44.7 Å². The van der Waals surface area contributed by atoms with Gasteiger partial charge in [0.05, 0.1) is 12.7 Å². The topological polar surface area (TPSA) is 127 Å². The van der Waals surface area contributed by atoms with Crippen molar-refractivity contribution in [3.63, 3.8) is 0 Å². The molecular formula is C9H14N4O4. The fraction of sp³-hybridized carbons (Fsp3) is 0.444. The molecule has 1 aromatic rings. The van der Waals surface area contributed by atoms with E-state index >= 15 is 0 Å². The Bertz CT molecular complexity index is 365. The Morgan fingerprint density at radius 1 is 1.47 bits per heavy atom. The summed E-state index contributed by atoms with van der Waals surface area (Å²) in [6, 6.07) is -0.843. The van der Waals surface area contributed by atoms with Crippen molar-refractivity contribution in [1.82, 2.24) is 20.8 Å². The van der Waals surface area contributed by atoms with E-state index in [0.717, 1.165) is 0 Å². The lowest BCUT2D eigenvalue weighted by Gasteiger charge is -2.13. The second kappa shape index (κ2) is 6.61. The third-order valence-corrected chi connectivity index (χ3v) is 2.02. The quantitative estimate of drug-likeness (QED) is 0.291. The minimum atomic E-state index is -1.03. The van der Waals surface area contributed by atoms with Crippen LogP contribution in [0.15, 0.2) is 12.5 Å². The summed E-state index contributed by atoms with van der Waals surface area (Å²) in [6.45, 7) is 0.155. The van der Waals surface area contributed by atoms with Crippen molar-refractivity contribution in [3.8, 4) is 0 Å². The molecule has 0 radical (unpaired) electrons. The van der Waals surface area contributed by atoms with Crippen molar-refractivity contribution < 1.29 is 19.8 Å². The minimum Gasteiger partial charge on any atom is -0.481 e. The van der Waals surface area contributed by atoms with E-state index in [4.69, 9.17) is 10.2 Å². The summed E-state index contributed by atoms with van der Waals surface area (Å²) in [4.78, 5) is 27.7. The molecule has 94 valence electrons. The number of nitrogens with one attached hydrogen (secondary N) is 3. The van der Waals surface area contributed by atoms with Gasteiger partial charge in [-0.15, -0.1) is 0 Å². The number of rotatable bonds is 8. The van der Waals surface area contributed by atoms with E-state index in [1.165, 1.54) is 12.5 Å². The number of aromatic amines is 1. The van der Waals surface area contributed by atoms with Gasteiger partial charge in [0.1, 0.15) is 6.04 Å². The van der Waals surface area contributed by atoms with Gasteiger partial charge in [0.15, 0.2) is 0 Å². The second-order valence-electron chi connectivity index (χ2n) is 3.39. The number of carboxylic acids is 2. The molecule has 0 aliphatic heterocycles. The number of hydrogen-bond acceptors (Lipinski definition) is 5. The Morgan fingerprint density at radius 2 is 2.24 bits per heavy atom. The number of imidazole rings is 1. The molecule has 0 aromatic carbocycles. The summed E-state index contributed by atoms with van der Waals surface area (Å²) in [5.74, 6) is -1.97. The van der Waals surface area contributed by atoms with Crippen LogP contribution < -0.4 is 10.9 Å². The fourth-order valence-corrected chi connectivity index (χ4v) is 1.18. The third-order valence-electron chi connectivity index (χ3n) is 2.02. The van der Waals surface area contributed by atoms with Crippen LogP contribution in [0.25, 0.3) is 0 Å². The highest BCUT2D eigenvalue weighted by Gasteiger charge is 2.17. The monoisotopic (exact) mass is 242 g/mol. The van der Waals surface area contributed by atoms with Gasteiger partial charge in [-0.05, 0) is 0 Å². The Labute approximate surface area is 97.0 Å². The highest BCUT2D eigenvalue weighted by molar-refractivity contribution is 5.73. The molecule has 0 bridgehead atoms. The molecule has 0 aliphatic rings. The van der Waals surface area contributed by atoms with Crippen LogP contribution in [-0.2, 0) is 16.0 Å². The Hall–Kier alpha value is -1.93. The smallest absolute Gasteiger partial charge is 0.322 e. The molecule has 5 N–H and O–H groups in total. The molecule has 0 amide bonds. The summed E-state index contributed by atoms with van der Waals surface area (Å²) >= 11 is 0. The third kappa shape index (κ3) is 5.09. The van der Waals surface area contributed by atoms with Crippen molar-refractivity contribution in [3.05, 3.63) is 18.2 Å². The summed E-state index contributed by atoms with van der Waals surface area (Å²) in [6.07, 6.45) is 3.15. The predicted molar refractivity (Wildman–Crippen MR) is 57.1 cm³/mol. The molecule has 0 fully saturated rings. The Kier molecular flexibility index (Phi) is 5.11. The Balaban J connectivity index is 2.34. The molecule has 1 aromatic heterocycles. The normalized spacial score (nSPS) is 12.2. The van der Waals surface area contributed by atoms with E-state index < -0.39 is 18.0 Å². The second-order valence-corrected chi connectivity index (χ2v) is 3.39. The molecular weight excluding hydrogens is 228 g/mol. The molecule has 0 unspecified atom stereocenters. The van der Waals surface area contributed by atoms with Crippen molar-refractivity contribution in [1.29, 1.82) is 0 Å². The van der Waals surface area contributed by atoms with E-state index in [1.807, 2.05) is 0 Å². The lowest BCUT2D eigenvalue weighted by Crippen LogP contribution is -2.47. The predicted octanol–water partition coefficient (Wildman–Crippen LogP) is -1.03. The van der Waals surface area contributed by atoms with Gasteiger partial charge in [0.25, 0.3) is 0 Å². The molecule has 8 nitrogen and oxygen atoms in total. The zero-order valence-corrected chi connectivity index (χ0v) is 9.01. The summed E-state index contributed by atoms with van der Waals surface area (Å²) in [5.41, 5.74) is 5.80. The molecule has 0 aliphatic carbocycles. The van der Waals surface area contributed by atoms with E-state index in [1.54, 1.807) is 0 Å². The lowest BCUT2D eigenvalue weighted by atomic mass is 10.2. The average molecular weight is 242 g/mol. The maximum Gasteiger partial charge on any atom is 0.322 e. The molecule has 1 heterocycles. The zero-order valence-electron chi connectivity index (χ0n) is 9.01. The average Bonchev–Trinajstić information content (AvgIpc) is 2.74. The van der Waals surface area contributed by atoms with Crippen molar-refractivity contribution >= 4 is 11.9 Å². The number of H-pyrrole nitrogens is 1. The van der Waals surface area contributed by atoms with Crippen LogP contribution in [0.4, 0.5) is 0 Å². The fourth-order valence-electron chi connectivity index (χ4n) is 1.18. The largest absolute Gasteiger partial charge is 0.481 e. The van der Waals surface area contributed by atoms with Gasteiger partial charge in [0.2, 0.25) is 0 Å². The maximum absolute atomic E-state index is 10.9. The van der Waals surface area contributed by atoms with E-state index in [0.29, 0.717) is 5.69 Å². The molecule has 1 atom stereocenters. The number of nitrogens with zero attached hydrogens (tertiary/aromatic N) is 1. The molecule has 8 heteroatoms. The van der Waals surface area contributed by atoms with E-state index in [9.17, 15) is 9.59 Å².